The first-order valence-electron chi connectivity index (χ1n) is 4.27. The maximum absolute atomic E-state index is 12.0. The minimum Gasteiger partial charge on any atom is -0.386 e. The third-order valence-electron chi connectivity index (χ3n) is 1.79. The lowest BCUT2D eigenvalue weighted by atomic mass is 9.99. The molecule has 1 aromatic rings. The van der Waals surface area contributed by atoms with Crippen LogP contribution < -0.4 is 0 Å². The Bertz CT molecular complexity index is 324. The molecule has 0 saturated carbocycles. The number of hydrogen-bond acceptors (Lipinski definition) is 2. The molecule has 0 saturated heterocycles. The fraction of sp³-hybridized carbons (Fsp3) is 0.400. The summed E-state index contributed by atoms with van der Waals surface area (Å²) in [6, 6.07) is 5.69. The summed E-state index contributed by atoms with van der Waals surface area (Å²) in [6.45, 7) is 3.16. The average molecular weight is 236 g/mol. The number of alkyl halides is 3. The van der Waals surface area contributed by atoms with Gasteiger partial charge in [0.05, 0.1) is 5.60 Å². The molecule has 1 nitrogen and oxygen atoms in total. The Morgan fingerprint density at radius 1 is 1.07 bits per heavy atom. The fourth-order valence-electron chi connectivity index (χ4n) is 1.06. The van der Waals surface area contributed by atoms with Gasteiger partial charge in [-0.1, -0.05) is 12.1 Å². The van der Waals surface area contributed by atoms with E-state index in [1.807, 2.05) is 0 Å². The van der Waals surface area contributed by atoms with Gasteiger partial charge in [-0.3, -0.25) is 0 Å². The molecule has 0 amide bonds. The summed E-state index contributed by atoms with van der Waals surface area (Å²) in [7, 11) is 0. The zero-order chi connectivity index (χ0) is 11.7. The van der Waals surface area contributed by atoms with Crippen molar-refractivity contribution in [2.45, 2.75) is 29.9 Å². The third kappa shape index (κ3) is 4.13. The molecule has 0 heterocycles. The molecule has 1 rings (SSSR count). The topological polar surface area (TPSA) is 20.2 Å². The summed E-state index contributed by atoms with van der Waals surface area (Å²) in [5.41, 5.74) is -4.70. The molecule has 15 heavy (non-hydrogen) atoms. The van der Waals surface area contributed by atoms with E-state index in [1.54, 1.807) is 13.8 Å². The lowest BCUT2D eigenvalue weighted by Crippen LogP contribution is -2.15. The largest absolute Gasteiger partial charge is 0.446 e. The lowest BCUT2D eigenvalue weighted by molar-refractivity contribution is -0.0328. The first kappa shape index (κ1) is 12.4. The van der Waals surface area contributed by atoms with Gasteiger partial charge in [0.25, 0.3) is 0 Å². The Labute approximate surface area is 90.3 Å². The van der Waals surface area contributed by atoms with Crippen LogP contribution in [0.4, 0.5) is 13.2 Å². The zero-order valence-corrected chi connectivity index (χ0v) is 9.12. The van der Waals surface area contributed by atoms with Crippen LogP contribution in [0.25, 0.3) is 0 Å². The van der Waals surface area contributed by atoms with E-state index in [0.29, 0.717) is 5.56 Å². The standard InChI is InChI=1S/C10H11F3OS/c1-9(2,14)7-3-5-8(6-4-7)15-10(11,12)13/h3-6,14H,1-2H3. The molecule has 0 radical (unpaired) electrons. The van der Waals surface area contributed by atoms with Crippen LogP contribution in [0, 0.1) is 0 Å². The molecular formula is C10H11F3OS. The molecule has 1 aromatic carbocycles. The Kier molecular flexibility index (Phi) is 3.35. The third-order valence-corrected chi connectivity index (χ3v) is 2.53. The van der Waals surface area contributed by atoms with Gasteiger partial charge < -0.3 is 5.11 Å². The van der Waals surface area contributed by atoms with Gasteiger partial charge in [-0.25, -0.2) is 0 Å². The van der Waals surface area contributed by atoms with E-state index in [2.05, 4.69) is 0 Å². The summed E-state index contributed by atoms with van der Waals surface area (Å²) in [6.07, 6.45) is 0. The van der Waals surface area contributed by atoms with E-state index in [1.165, 1.54) is 24.3 Å². The molecule has 0 aromatic heterocycles. The second-order valence-electron chi connectivity index (χ2n) is 3.63. The van der Waals surface area contributed by atoms with Gasteiger partial charge in [-0.15, -0.1) is 0 Å². The lowest BCUT2D eigenvalue weighted by Gasteiger charge is -2.17. The van der Waals surface area contributed by atoms with Gasteiger partial charge in [0.1, 0.15) is 0 Å². The average Bonchev–Trinajstić information content (AvgIpc) is 2.00. The quantitative estimate of drug-likeness (QED) is 0.793. The minimum absolute atomic E-state index is 0.121. The van der Waals surface area contributed by atoms with Gasteiger partial charge in [0.2, 0.25) is 0 Å². The maximum atomic E-state index is 12.0. The first-order valence-corrected chi connectivity index (χ1v) is 5.09. The summed E-state index contributed by atoms with van der Waals surface area (Å²) >= 11 is -0.162. The highest BCUT2D eigenvalue weighted by molar-refractivity contribution is 8.00. The van der Waals surface area contributed by atoms with E-state index in [4.69, 9.17) is 0 Å². The van der Waals surface area contributed by atoms with E-state index in [0.717, 1.165) is 0 Å². The highest BCUT2D eigenvalue weighted by atomic mass is 32.2. The predicted molar refractivity (Wildman–Crippen MR) is 53.6 cm³/mol. The van der Waals surface area contributed by atoms with E-state index in [9.17, 15) is 18.3 Å². The summed E-state index contributed by atoms with van der Waals surface area (Å²) in [5.74, 6) is 0. The highest BCUT2D eigenvalue weighted by Gasteiger charge is 2.29. The number of halogens is 3. The van der Waals surface area contributed by atoms with Gasteiger partial charge in [0.15, 0.2) is 0 Å². The van der Waals surface area contributed by atoms with E-state index < -0.39 is 11.1 Å². The second kappa shape index (κ2) is 4.06. The number of aliphatic hydroxyl groups is 1. The Morgan fingerprint density at radius 3 is 1.87 bits per heavy atom. The van der Waals surface area contributed by atoms with Crippen LogP contribution >= 0.6 is 11.8 Å². The fourth-order valence-corrected chi connectivity index (χ4v) is 1.60. The second-order valence-corrected chi connectivity index (χ2v) is 4.77. The number of benzene rings is 1. The van der Waals surface area contributed by atoms with Crippen LogP contribution in [-0.4, -0.2) is 10.6 Å². The SMILES string of the molecule is CC(C)(O)c1ccc(SC(F)(F)F)cc1. The Hall–Kier alpha value is -0.680. The Morgan fingerprint density at radius 2 is 1.53 bits per heavy atom. The van der Waals surface area contributed by atoms with Crippen molar-refractivity contribution >= 4 is 11.8 Å². The van der Waals surface area contributed by atoms with Crippen LogP contribution in [0.1, 0.15) is 19.4 Å². The highest BCUT2D eigenvalue weighted by Crippen LogP contribution is 2.37. The van der Waals surface area contributed by atoms with Crippen molar-refractivity contribution in [1.82, 2.24) is 0 Å². The van der Waals surface area contributed by atoms with Crippen LogP contribution in [0.3, 0.4) is 0 Å². The number of rotatable bonds is 2. The maximum Gasteiger partial charge on any atom is 0.446 e. The number of thioether (sulfide) groups is 1. The molecule has 0 aliphatic heterocycles. The van der Waals surface area contributed by atoms with Crippen molar-refractivity contribution in [3.05, 3.63) is 29.8 Å². The predicted octanol–water partition coefficient (Wildman–Crippen LogP) is 3.53. The molecule has 0 aliphatic rings. The molecule has 5 heteroatoms. The van der Waals surface area contributed by atoms with Crippen LogP contribution in [0.2, 0.25) is 0 Å². The van der Waals surface area contributed by atoms with Gasteiger partial charge in [0, 0.05) is 4.90 Å². The van der Waals surface area contributed by atoms with Crippen molar-refractivity contribution in [3.63, 3.8) is 0 Å². The minimum atomic E-state index is -4.27. The van der Waals surface area contributed by atoms with Gasteiger partial charge >= 0.3 is 5.51 Å². The van der Waals surface area contributed by atoms with Crippen molar-refractivity contribution in [1.29, 1.82) is 0 Å². The van der Waals surface area contributed by atoms with Crippen LogP contribution in [-0.2, 0) is 5.60 Å². The molecule has 0 fully saturated rings. The molecule has 0 unspecified atom stereocenters. The van der Waals surface area contributed by atoms with E-state index >= 15 is 0 Å². The van der Waals surface area contributed by atoms with Crippen LogP contribution in [0.15, 0.2) is 29.2 Å². The Balaban J connectivity index is 2.82. The van der Waals surface area contributed by atoms with Crippen molar-refractivity contribution < 1.29 is 18.3 Å². The molecule has 0 spiro atoms. The molecule has 1 N–H and O–H groups in total. The van der Waals surface area contributed by atoms with E-state index in [-0.39, 0.29) is 16.7 Å². The molecule has 0 atom stereocenters. The monoisotopic (exact) mass is 236 g/mol. The van der Waals surface area contributed by atoms with Crippen molar-refractivity contribution in [3.8, 4) is 0 Å². The normalized spacial score (nSPS) is 12.9. The number of hydrogen-bond donors (Lipinski definition) is 1. The summed E-state index contributed by atoms with van der Waals surface area (Å²) in [5, 5.41) is 9.58. The molecular weight excluding hydrogens is 225 g/mol. The van der Waals surface area contributed by atoms with Gasteiger partial charge in [-0.05, 0) is 43.3 Å². The first-order chi connectivity index (χ1) is 6.68. The van der Waals surface area contributed by atoms with Crippen molar-refractivity contribution in [2.75, 3.05) is 0 Å². The molecule has 84 valence electrons. The van der Waals surface area contributed by atoms with Gasteiger partial charge in [-0.2, -0.15) is 13.2 Å². The smallest absolute Gasteiger partial charge is 0.386 e. The zero-order valence-electron chi connectivity index (χ0n) is 8.30. The van der Waals surface area contributed by atoms with Crippen molar-refractivity contribution in [2.24, 2.45) is 0 Å². The summed E-state index contributed by atoms with van der Waals surface area (Å²) < 4.78 is 36.0. The molecule has 0 bridgehead atoms. The molecule has 0 aliphatic carbocycles. The van der Waals surface area contributed by atoms with Crippen LogP contribution in [0.5, 0.6) is 0 Å². The summed E-state index contributed by atoms with van der Waals surface area (Å²) in [4.78, 5) is 0.121.